The zero-order valence-electron chi connectivity index (χ0n) is 12.7. The molecule has 0 aliphatic carbocycles. The number of nitrogens with one attached hydrogen (secondary N) is 1. The van der Waals surface area contributed by atoms with Crippen molar-refractivity contribution in [3.05, 3.63) is 34.3 Å². The van der Waals surface area contributed by atoms with Crippen LogP contribution in [-0.2, 0) is 16.1 Å². The van der Waals surface area contributed by atoms with Gasteiger partial charge in [0.15, 0.2) is 0 Å². The van der Waals surface area contributed by atoms with Gasteiger partial charge in [0.1, 0.15) is 0 Å². The van der Waals surface area contributed by atoms with E-state index in [0.717, 1.165) is 10.0 Å². The van der Waals surface area contributed by atoms with Crippen LogP contribution in [0.1, 0.15) is 12.0 Å². The highest BCUT2D eigenvalue weighted by Gasteiger charge is 2.30. The van der Waals surface area contributed by atoms with Gasteiger partial charge in [0.2, 0.25) is 11.8 Å². The van der Waals surface area contributed by atoms with Crippen LogP contribution in [0.3, 0.4) is 0 Å². The predicted octanol–water partition coefficient (Wildman–Crippen LogP) is 1.65. The van der Waals surface area contributed by atoms with Crippen LogP contribution in [0.4, 0.5) is 0 Å². The van der Waals surface area contributed by atoms with Crippen molar-refractivity contribution in [3.63, 3.8) is 0 Å². The molecular weight excluding hydrogens is 370 g/mol. The fourth-order valence-electron chi connectivity index (χ4n) is 2.32. The first-order valence-electron chi connectivity index (χ1n) is 6.94. The van der Waals surface area contributed by atoms with E-state index in [4.69, 9.17) is 0 Å². The molecule has 1 fully saturated rings. The zero-order chi connectivity index (χ0) is 15.4. The maximum Gasteiger partial charge on any atom is 0.240 e. The van der Waals surface area contributed by atoms with Gasteiger partial charge in [0.05, 0.1) is 12.5 Å². The van der Waals surface area contributed by atoms with Gasteiger partial charge in [-0.2, -0.15) is 0 Å². The van der Waals surface area contributed by atoms with E-state index in [9.17, 15) is 9.59 Å². The molecule has 1 saturated heterocycles. The van der Waals surface area contributed by atoms with Crippen molar-refractivity contribution in [2.45, 2.75) is 19.0 Å². The highest BCUT2D eigenvalue weighted by atomic mass is 79.9. The lowest BCUT2D eigenvalue weighted by molar-refractivity contribution is -0.140. The maximum atomic E-state index is 12.5. The summed E-state index contributed by atoms with van der Waals surface area (Å²) in [6.45, 7) is 1.95. The SMILES string of the molecule is CN(C)C(=O)CC1NCCN(Cc2cccc(Br)c2)C1=O.Cl. The number of amides is 2. The predicted molar refractivity (Wildman–Crippen MR) is 91.9 cm³/mol. The number of nitrogens with zero attached hydrogens (tertiary/aromatic N) is 2. The molecule has 1 unspecified atom stereocenters. The maximum absolute atomic E-state index is 12.5. The van der Waals surface area contributed by atoms with Crippen molar-refractivity contribution in [2.75, 3.05) is 27.2 Å². The van der Waals surface area contributed by atoms with Crippen LogP contribution in [0.2, 0.25) is 0 Å². The quantitative estimate of drug-likeness (QED) is 0.850. The number of rotatable bonds is 4. The average Bonchev–Trinajstić information content (AvgIpc) is 2.43. The summed E-state index contributed by atoms with van der Waals surface area (Å²) >= 11 is 3.44. The Morgan fingerprint density at radius 2 is 2.18 bits per heavy atom. The van der Waals surface area contributed by atoms with E-state index >= 15 is 0 Å². The van der Waals surface area contributed by atoms with Crippen molar-refractivity contribution < 1.29 is 9.59 Å². The van der Waals surface area contributed by atoms with Crippen molar-refractivity contribution in [1.82, 2.24) is 15.1 Å². The highest BCUT2D eigenvalue weighted by Crippen LogP contribution is 2.15. The minimum atomic E-state index is -0.416. The summed E-state index contributed by atoms with van der Waals surface area (Å²) in [6.07, 6.45) is 0.209. The van der Waals surface area contributed by atoms with Gasteiger partial charge >= 0.3 is 0 Å². The molecule has 0 aromatic heterocycles. The molecule has 1 aromatic rings. The van der Waals surface area contributed by atoms with Crippen LogP contribution >= 0.6 is 28.3 Å². The smallest absolute Gasteiger partial charge is 0.240 e. The largest absolute Gasteiger partial charge is 0.349 e. The average molecular weight is 391 g/mol. The molecule has 0 spiro atoms. The fraction of sp³-hybridized carbons (Fsp3) is 0.467. The van der Waals surface area contributed by atoms with Crippen molar-refractivity contribution >= 4 is 40.2 Å². The number of hydrogen-bond donors (Lipinski definition) is 1. The molecule has 1 atom stereocenters. The molecule has 2 rings (SSSR count). The van der Waals surface area contributed by atoms with Gasteiger partial charge in [-0.15, -0.1) is 12.4 Å². The monoisotopic (exact) mass is 389 g/mol. The van der Waals surface area contributed by atoms with E-state index in [1.54, 1.807) is 14.1 Å². The molecule has 22 heavy (non-hydrogen) atoms. The third kappa shape index (κ3) is 4.97. The third-order valence-electron chi connectivity index (χ3n) is 3.52. The van der Waals surface area contributed by atoms with E-state index in [1.807, 2.05) is 29.2 Å². The summed E-state index contributed by atoms with van der Waals surface area (Å²) in [5, 5.41) is 3.13. The molecule has 7 heteroatoms. The van der Waals surface area contributed by atoms with Gasteiger partial charge in [0, 0.05) is 38.2 Å². The Hall–Kier alpha value is -1.11. The lowest BCUT2D eigenvalue weighted by Crippen LogP contribution is -2.55. The molecule has 0 radical (unpaired) electrons. The van der Waals surface area contributed by atoms with E-state index in [0.29, 0.717) is 19.6 Å². The minimum Gasteiger partial charge on any atom is -0.349 e. The summed E-state index contributed by atoms with van der Waals surface area (Å²) in [6, 6.07) is 7.51. The Kier molecular flexibility index (Phi) is 7.32. The topological polar surface area (TPSA) is 52.7 Å². The second-order valence-electron chi connectivity index (χ2n) is 5.39. The van der Waals surface area contributed by atoms with Crippen molar-refractivity contribution in [2.24, 2.45) is 0 Å². The van der Waals surface area contributed by atoms with Gasteiger partial charge in [-0.25, -0.2) is 0 Å². The molecule has 5 nitrogen and oxygen atoms in total. The second-order valence-corrected chi connectivity index (χ2v) is 6.30. The molecule has 0 saturated carbocycles. The van der Waals surface area contributed by atoms with Gasteiger partial charge in [-0.05, 0) is 17.7 Å². The van der Waals surface area contributed by atoms with Crippen LogP contribution in [0.5, 0.6) is 0 Å². The summed E-state index contributed by atoms with van der Waals surface area (Å²) < 4.78 is 1.00. The third-order valence-corrected chi connectivity index (χ3v) is 4.02. The Bertz CT molecular complexity index is 539. The van der Waals surface area contributed by atoms with Crippen LogP contribution in [0.25, 0.3) is 0 Å². The first-order valence-corrected chi connectivity index (χ1v) is 7.73. The van der Waals surface area contributed by atoms with Gasteiger partial charge < -0.3 is 15.1 Å². The van der Waals surface area contributed by atoms with Crippen LogP contribution in [0, 0.1) is 0 Å². The van der Waals surface area contributed by atoms with Gasteiger partial charge in [0.25, 0.3) is 0 Å². The molecule has 1 aliphatic rings. The van der Waals surface area contributed by atoms with Crippen LogP contribution in [-0.4, -0.2) is 54.8 Å². The number of carbonyl (C=O) groups is 2. The van der Waals surface area contributed by atoms with Crippen LogP contribution in [0.15, 0.2) is 28.7 Å². The molecule has 1 aromatic carbocycles. The first kappa shape index (κ1) is 18.9. The molecular formula is C15H21BrClN3O2. The summed E-state index contributed by atoms with van der Waals surface area (Å²) in [4.78, 5) is 27.6. The Morgan fingerprint density at radius 1 is 1.45 bits per heavy atom. The van der Waals surface area contributed by atoms with E-state index < -0.39 is 6.04 Å². The lowest BCUT2D eigenvalue weighted by Gasteiger charge is -2.33. The summed E-state index contributed by atoms with van der Waals surface area (Å²) in [7, 11) is 3.41. The lowest BCUT2D eigenvalue weighted by atomic mass is 10.1. The number of halogens is 2. The first-order chi connectivity index (χ1) is 9.97. The zero-order valence-corrected chi connectivity index (χ0v) is 15.1. The van der Waals surface area contributed by atoms with E-state index in [1.165, 1.54) is 4.90 Å². The molecule has 122 valence electrons. The number of hydrogen-bond acceptors (Lipinski definition) is 3. The number of benzene rings is 1. The normalized spacial score (nSPS) is 17.9. The van der Waals surface area contributed by atoms with Crippen molar-refractivity contribution in [1.29, 1.82) is 0 Å². The fourth-order valence-corrected chi connectivity index (χ4v) is 2.77. The number of piperazine rings is 1. The highest BCUT2D eigenvalue weighted by molar-refractivity contribution is 9.10. The van der Waals surface area contributed by atoms with E-state index in [-0.39, 0.29) is 30.6 Å². The Labute approximate surface area is 145 Å². The molecule has 1 N–H and O–H groups in total. The molecule has 1 heterocycles. The van der Waals surface area contributed by atoms with E-state index in [2.05, 4.69) is 21.2 Å². The molecule has 0 bridgehead atoms. The summed E-state index contributed by atoms with van der Waals surface area (Å²) in [5.41, 5.74) is 1.08. The van der Waals surface area contributed by atoms with Crippen LogP contribution < -0.4 is 5.32 Å². The second kappa shape index (κ2) is 8.50. The molecule has 1 aliphatic heterocycles. The van der Waals surface area contributed by atoms with Crippen molar-refractivity contribution in [3.8, 4) is 0 Å². The number of carbonyl (C=O) groups excluding carboxylic acids is 2. The minimum absolute atomic E-state index is 0. The standard InChI is InChI=1S/C15H20BrN3O2.ClH/c1-18(2)14(20)9-13-15(21)19(7-6-17-13)10-11-4-3-5-12(16)8-11;/h3-5,8,13,17H,6-7,9-10H2,1-2H3;1H. The Morgan fingerprint density at radius 3 is 2.82 bits per heavy atom. The van der Waals surface area contributed by atoms with Gasteiger partial charge in [-0.3, -0.25) is 9.59 Å². The Balaban J connectivity index is 0.00000242. The molecule has 2 amide bonds. The van der Waals surface area contributed by atoms with Gasteiger partial charge in [-0.1, -0.05) is 28.1 Å². The summed E-state index contributed by atoms with van der Waals surface area (Å²) in [5.74, 6) is -0.0402.